The number of nitriles is 1. The highest BCUT2D eigenvalue weighted by Crippen LogP contribution is 2.41. The van der Waals surface area contributed by atoms with Crippen molar-refractivity contribution >= 4 is 5.91 Å². The number of benzene rings is 1. The van der Waals surface area contributed by atoms with Gasteiger partial charge in [-0.2, -0.15) is 14.0 Å². The number of halogens is 5. The van der Waals surface area contributed by atoms with Crippen LogP contribution < -0.4 is 15.4 Å². The van der Waals surface area contributed by atoms with Gasteiger partial charge in [-0.05, 0) is 62.8 Å². The molecule has 2 aliphatic rings. The third-order valence-corrected chi connectivity index (χ3v) is 5.49. The van der Waals surface area contributed by atoms with Crippen LogP contribution in [0.4, 0.5) is 22.0 Å². The van der Waals surface area contributed by atoms with E-state index in [0.717, 1.165) is 24.3 Å². The lowest BCUT2D eigenvalue weighted by atomic mass is 10.0. The fourth-order valence-electron chi connectivity index (χ4n) is 3.35. The highest BCUT2D eigenvalue weighted by Gasteiger charge is 2.50. The second-order valence-corrected chi connectivity index (χ2v) is 8.56. The number of alkyl halides is 4. The predicted molar refractivity (Wildman–Crippen MR) is 109 cm³/mol. The standard InChI is InChI=1S/C23H24F5N3O2/c1-2-3-19(23(27,28)33-17-8-6-16(24)7-9-17)30-18(13-22(25,26)12-15-4-5-15)20(32)31-21(14-29)10-11-21/h6-9,15,18-19,30H,4-5,10-13H2,1H3,(H,31,32)/t18-,19?/m0/s1. The van der Waals surface area contributed by atoms with E-state index < -0.39 is 54.2 Å². The van der Waals surface area contributed by atoms with Gasteiger partial charge in [-0.3, -0.25) is 10.1 Å². The van der Waals surface area contributed by atoms with Crippen molar-refractivity contribution in [3.8, 4) is 23.7 Å². The van der Waals surface area contributed by atoms with Crippen LogP contribution in [-0.2, 0) is 4.79 Å². The lowest BCUT2D eigenvalue weighted by Crippen LogP contribution is -2.58. The zero-order valence-corrected chi connectivity index (χ0v) is 17.9. The Morgan fingerprint density at radius 1 is 1.24 bits per heavy atom. The smallest absolute Gasteiger partial charge is 0.425 e. The molecule has 2 atom stereocenters. The van der Waals surface area contributed by atoms with E-state index in [9.17, 15) is 32.0 Å². The Hall–Kier alpha value is -2.85. The van der Waals surface area contributed by atoms with Crippen LogP contribution in [0.15, 0.2) is 24.3 Å². The summed E-state index contributed by atoms with van der Waals surface area (Å²) in [5, 5.41) is 13.8. The number of carbonyl (C=O) groups is 1. The third kappa shape index (κ3) is 7.06. The molecule has 0 spiro atoms. The van der Waals surface area contributed by atoms with Gasteiger partial charge in [0.25, 0.3) is 0 Å². The summed E-state index contributed by atoms with van der Waals surface area (Å²) in [6, 6.07) is 1.84. The van der Waals surface area contributed by atoms with Crippen LogP contribution in [0.1, 0.15) is 45.4 Å². The van der Waals surface area contributed by atoms with E-state index in [1.807, 2.05) is 6.07 Å². The van der Waals surface area contributed by atoms with Crippen molar-refractivity contribution in [2.45, 2.75) is 75.1 Å². The Labute approximate surface area is 188 Å². The van der Waals surface area contributed by atoms with Crippen molar-refractivity contribution in [2.75, 3.05) is 0 Å². The number of ether oxygens (including phenoxy) is 1. The SMILES string of the molecule is CC#CC(N[C@@H](CC(F)(F)CC1CC1)C(=O)NC1(C#N)CC1)C(F)(F)Oc1ccc(F)cc1. The summed E-state index contributed by atoms with van der Waals surface area (Å²) >= 11 is 0. The molecule has 1 aromatic carbocycles. The van der Waals surface area contributed by atoms with Gasteiger partial charge in [0.15, 0.2) is 6.04 Å². The second-order valence-electron chi connectivity index (χ2n) is 8.56. The van der Waals surface area contributed by atoms with Crippen molar-refractivity contribution in [1.29, 1.82) is 5.26 Å². The molecule has 0 bridgehead atoms. The number of nitrogens with one attached hydrogen (secondary N) is 2. The zero-order chi connectivity index (χ0) is 24.3. The van der Waals surface area contributed by atoms with Gasteiger partial charge < -0.3 is 10.1 Å². The van der Waals surface area contributed by atoms with Crippen LogP contribution in [0.25, 0.3) is 0 Å². The van der Waals surface area contributed by atoms with Gasteiger partial charge in [-0.1, -0.05) is 5.92 Å². The molecule has 0 aliphatic heterocycles. The highest BCUT2D eigenvalue weighted by molar-refractivity contribution is 5.83. The molecule has 2 aliphatic carbocycles. The number of hydrogen-bond acceptors (Lipinski definition) is 4. The van der Waals surface area contributed by atoms with Gasteiger partial charge >= 0.3 is 6.11 Å². The van der Waals surface area contributed by atoms with Crippen molar-refractivity contribution in [2.24, 2.45) is 5.92 Å². The minimum atomic E-state index is -4.04. The third-order valence-electron chi connectivity index (χ3n) is 5.49. The Morgan fingerprint density at radius 3 is 2.39 bits per heavy atom. The van der Waals surface area contributed by atoms with Crippen LogP contribution >= 0.6 is 0 Å². The highest BCUT2D eigenvalue weighted by atomic mass is 19.3. The summed E-state index contributed by atoms with van der Waals surface area (Å²) < 4.78 is 76.7. The lowest BCUT2D eigenvalue weighted by molar-refractivity contribution is -0.189. The van der Waals surface area contributed by atoms with Crippen molar-refractivity contribution < 1.29 is 31.5 Å². The first-order chi connectivity index (χ1) is 15.5. The van der Waals surface area contributed by atoms with E-state index in [0.29, 0.717) is 25.7 Å². The summed E-state index contributed by atoms with van der Waals surface area (Å²) in [6.07, 6.45) is -3.52. The maximum Gasteiger partial charge on any atom is 0.425 e. The summed E-state index contributed by atoms with van der Waals surface area (Å²) in [6.45, 7) is 1.27. The van der Waals surface area contributed by atoms with Gasteiger partial charge in [0, 0.05) is 12.8 Å². The summed E-state index contributed by atoms with van der Waals surface area (Å²) in [4.78, 5) is 12.8. The van der Waals surface area contributed by atoms with Crippen LogP contribution in [-0.4, -0.2) is 35.6 Å². The summed E-state index contributed by atoms with van der Waals surface area (Å²) in [5.74, 6) is -0.991. The van der Waals surface area contributed by atoms with E-state index in [1.54, 1.807) is 0 Å². The number of nitrogens with zero attached hydrogens (tertiary/aromatic N) is 1. The van der Waals surface area contributed by atoms with E-state index in [2.05, 4.69) is 27.2 Å². The molecule has 1 amide bonds. The Bertz CT molecular complexity index is 957. The van der Waals surface area contributed by atoms with Crippen LogP contribution in [0.2, 0.25) is 0 Å². The first-order valence-corrected chi connectivity index (χ1v) is 10.6. The molecule has 0 radical (unpaired) electrons. The molecule has 10 heteroatoms. The van der Waals surface area contributed by atoms with Gasteiger partial charge in [0.05, 0.1) is 12.1 Å². The zero-order valence-electron chi connectivity index (χ0n) is 17.9. The molecular formula is C23H24F5N3O2. The normalized spacial score (nSPS) is 18.8. The quantitative estimate of drug-likeness (QED) is 0.377. The Kier molecular flexibility index (Phi) is 7.18. The van der Waals surface area contributed by atoms with Gasteiger partial charge in [0.2, 0.25) is 11.8 Å². The maximum atomic E-state index is 14.9. The monoisotopic (exact) mass is 469 g/mol. The molecule has 1 unspecified atom stereocenters. The number of hydrogen-bond donors (Lipinski definition) is 2. The second kappa shape index (κ2) is 9.56. The van der Waals surface area contributed by atoms with Crippen molar-refractivity contribution in [1.82, 2.24) is 10.6 Å². The molecule has 2 saturated carbocycles. The van der Waals surface area contributed by atoms with E-state index >= 15 is 0 Å². The van der Waals surface area contributed by atoms with Crippen LogP contribution in [0, 0.1) is 34.9 Å². The largest absolute Gasteiger partial charge is 0.431 e. The molecule has 5 nitrogen and oxygen atoms in total. The van der Waals surface area contributed by atoms with E-state index in [1.165, 1.54) is 6.92 Å². The molecule has 2 N–H and O–H groups in total. The Balaban J connectivity index is 1.79. The molecule has 178 valence electrons. The molecule has 2 fully saturated rings. The number of carbonyl (C=O) groups excluding carboxylic acids is 1. The molecule has 33 heavy (non-hydrogen) atoms. The van der Waals surface area contributed by atoms with Crippen molar-refractivity contribution in [3.05, 3.63) is 30.1 Å². The maximum absolute atomic E-state index is 14.9. The summed E-state index contributed by atoms with van der Waals surface area (Å²) in [5.41, 5.74) is -1.16. The minimum absolute atomic E-state index is 0.160. The molecule has 1 aromatic rings. The van der Waals surface area contributed by atoms with Crippen molar-refractivity contribution in [3.63, 3.8) is 0 Å². The predicted octanol–water partition coefficient (Wildman–Crippen LogP) is 4.15. The Morgan fingerprint density at radius 2 is 1.88 bits per heavy atom. The fourth-order valence-corrected chi connectivity index (χ4v) is 3.35. The van der Waals surface area contributed by atoms with Crippen LogP contribution in [0.3, 0.4) is 0 Å². The average molecular weight is 469 g/mol. The molecule has 0 aromatic heterocycles. The van der Waals surface area contributed by atoms with E-state index in [4.69, 9.17) is 0 Å². The fraction of sp³-hybridized carbons (Fsp3) is 0.565. The minimum Gasteiger partial charge on any atom is -0.431 e. The van der Waals surface area contributed by atoms with Gasteiger partial charge in [-0.15, -0.1) is 5.92 Å². The molecular weight excluding hydrogens is 445 g/mol. The molecule has 3 rings (SSSR count). The van der Waals surface area contributed by atoms with E-state index in [-0.39, 0.29) is 11.7 Å². The van der Waals surface area contributed by atoms with Gasteiger partial charge in [-0.25, -0.2) is 13.2 Å². The number of amides is 1. The lowest BCUT2D eigenvalue weighted by Gasteiger charge is -2.30. The first kappa shape index (κ1) is 24.8. The molecule has 0 heterocycles. The summed E-state index contributed by atoms with van der Waals surface area (Å²) in [7, 11) is 0. The number of rotatable bonds is 11. The molecule has 0 saturated heterocycles. The van der Waals surface area contributed by atoms with Crippen LogP contribution in [0.5, 0.6) is 5.75 Å². The first-order valence-electron chi connectivity index (χ1n) is 10.6. The topological polar surface area (TPSA) is 74.2 Å². The van der Waals surface area contributed by atoms with Gasteiger partial charge in [0.1, 0.15) is 17.1 Å². The average Bonchev–Trinajstić information content (AvgIpc) is 3.66.